The summed E-state index contributed by atoms with van der Waals surface area (Å²) in [6.45, 7) is 0.265. The first kappa shape index (κ1) is 14.3. The van der Waals surface area contributed by atoms with Gasteiger partial charge in [0.05, 0.1) is 16.1 Å². The fourth-order valence-corrected chi connectivity index (χ4v) is 2.39. The van der Waals surface area contributed by atoms with Crippen LogP contribution in [0.1, 0.15) is 23.3 Å². The number of rotatable bonds is 4. The third-order valence-corrected chi connectivity index (χ3v) is 3.84. The van der Waals surface area contributed by atoms with E-state index in [1.165, 1.54) is 0 Å². The van der Waals surface area contributed by atoms with E-state index in [9.17, 15) is 5.11 Å². The summed E-state index contributed by atoms with van der Waals surface area (Å²) in [5, 5.41) is 11.2. The maximum atomic E-state index is 10.5. The lowest BCUT2D eigenvalue weighted by Crippen LogP contribution is -2.21. The molecule has 3 nitrogen and oxygen atoms in total. The molecule has 0 aliphatic rings. The number of nitrogens with two attached hydrogens (primary N) is 1. The van der Waals surface area contributed by atoms with Crippen molar-refractivity contribution in [1.82, 2.24) is 4.98 Å². The van der Waals surface area contributed by atoms with E-state index < -0.39 is 6.10 Å². The van der Waals surface area contributed by atoms with Crippen LogP contribution in [0.15, 0.2) is 42.6 Å². The Hall–Kier alpha value is -1.13. The highest BCUT2D eigenvalue weighted by Gasteiger charge is 2.25. The van der Waals surface area contributed by atoms with E-state index in [0.717, 1.165) is 5.69 Å². The van der Waals surface area contributed by atoms with Crippen molar-refractivity contribution in [3.63, 3.8) is 0 Å². The summed E-state index contributed by atoms with van der Waals surface area (Å²) in [5.74, 6) is -0.322. The maximum Gasteiger partial charge on any atom is 0.0900 e. The lowest BCUT2D eigenvalue weighted by molar-refractivity contribution is 0.146. The molecule has 1 aromatic carbocycles. The van der Waals surface area contributed by atoms with E-state index in [1.807, 2.05) is 18.2 Å². The Bertz CT molecular complexity index is 548. The minimum absolute atomic E-state index is 0.265. The van der Waals surface area contributed by atoms with E-state index in [0.29, 0.717) is 15.6 Å². The highest BCUT2D eigenvalue weighted by Crippen LogP contribution is 2.36. The van der Waals surface area contributed by atoms with Crippen LogP contribution < -0.4 is 5.73 Å². The molecule has 2 atom stereocenters. The van der Waals surface area contributed by atoms with Crippen molar-refractivity contribution < 1.29 is 5.11 Å². The third-order valence-electron chi connectivity index (χ3n) is 3.00. The Morgan fingerprint density at radius 3 is 2.58 bits per heavy atom. The highest BCUT2D eigenvalue weighted by atomic mass is 35.5. The average Bonchev–Trinajstić information content (AvgIpc) is 2.44. The minimum atomic E-state index is -0.842. The Morgan fingerprint density at radius 2 is 1.95 bits per heavy atom. The van der Waals surface area contributed by atoms with Gasteiger partial charge in [-0.05, 0) is 18.2 Å². The molecule has 2 rings (SSSR count). The molecule has 2 aromatic rings. The molecule has 0 radical (unpaired) electrons. The zero-order chi connectivity index (χ0) is 13.8. The number of hydrogen-bond acceptors (Lipinski definition) is 3. The van der Waals surface area contributed by atoms with Crippen LogP contribution >= 0.6 is 23.2 Å². The fourth-order valence-electron chi connectivity index (χ4n) is 1.97. The molecule has 0 amide bonds. The van der Waals surface area contributed by atoms with Crippen LogP contribution in [-0.4, -0.2) is 16.6 Å². The van der Waals surface area contributed by atoms with Crippen LogP contribution in [0.4, 0.5) is 0 Å². The van der Waals surface area contributed by atoms with E-state index in [2.05, 4.69) is 4.98 Å². The van der Waals surface area contributed by atoms with Crippen molar-refractivity contribution in [2.75, 3.05) is 6.54 Å². The van der Waals surface area contributed by atoms with Crippen LogP contribution in [0.3, 0.4) is 0 Å². The second-order valence-corrected chi connectivity index (χ2v) is 4.97. The van der Waals surface area contributed by atoms with E-state index in [-0.39, 0.29) is 12.5 Å². The first-order valence-corrected chi connectivity index (χ1v) is 6.63. The summed E-state index contributed by atoms with van der Waals surface area (Å²) in [6, 6.07) is 10.7. The van der Waals surface area contributed by atoms with Gasteiger partial charge in [-0.2, -0.15) is 0 Å². The summed E-state index contributed by atoms with van der Waals surface area (Å²) < 4.78 is 0. The Morgan fingerprint density at radius 1 is 1.16 bits per heavy atom. The summed E-state index contributed by atoms with van der Waals surface area (Å²) in [7, 11) is 0. The van der Waals surface area contributed by atoms with Gasteiger partial charge in [0.1, 0.15) is 0 Å². The molecule has 0 saturated heterocycles. The molecule has 0 saturated carbocycles. The zero-order valence-corrected chi connectivity index (χ0v) is 11.6. The van der Waals surface area contributed by atoms with Crippen LogP contribution in [0.5, 0.6) is 0 Å². The second kappa shape index (κ2) is 6.35. The minimum Gasteiger partial charge on any atom is -0.388 e. The number of aliphatic hydroxyl groups is 1. The van der Waals surface area contributed by atoms with E-state index in [1.54, 1.807) is 24.4 Å². The molecule has 0 fully saturated rings. The van der Waals surface area contributed by atoms with Crippen LogP contribution in [-0.2, 0) is 0 Å². The summed E-state index contributed by atoms with van der Waals surface area (Å²) >= 11 is 12.1. The van der Waals surface area contributed by atoms with Gasteiger partial charge in [-0.25, -0.2) is 0 Å². The first-order valence-electron chi connectivity index (χ1n) is 5.88. The fraction of sp³-hybridized carbons (Fsp3) is 0.214. The van der Waals surface area contributed by atoms with Crippen molar-refractivity contribution in [1.29, 1.82) is 0 Å². The van der Waals surface area contributed by atoms with Gasteiger partial charge < -0.3 is 10.8 Å². The van der Waals surface area contributed by atoms with Gasteiger partial charge >= 0.3 is 0 Å². The number of aromatic nitrogens is 1. The van der Waals surface area contributed by atoms with Gasteiger partial charge in [0, 0.05) is 29.9 Å². The van der Waals surface area contributed by atoms with Crippen molar-refractivity contribution in [3.8, 4) is 0 Å². The van der Waals surface area contributed by atoms with Gasteiger partial charge in [0.15, 0.2) is 0 Å². The quantitative estimate of drug-likeness (QED) is 0.911. The van der Waals surface area contributed by atoms with Gasteiger partial charge in [-0.1, -0.05) is 41.4 Å². The van der Waals surface area contributed by atoms with Crippen molar-refractivity contribution >= 4 is 23.2 Å². The molecule has 0 bridgehead atoms. The number of benzene rings is 1. The zero-order valence-electron chi connectivity index (χ0n) is 10.1. The molecule has 100 valence electrons. The average molecular weight is 297 g/mol. The molecule has 5 heteroatoms. The lowest BCUT2D eigenvalue weighted by atomic mass is 9.92. The molecule has 0 spiro atoms. The monoisotopic (exact) mass is 296 g/mol. The maximum absolute atomic E-state index is 10.5. The van der Waals surface area contributed by atoms with Crippen molar-refractivity contribution in [2.45, 2.75) is 12.0 Å². The predicted molar refractivity (Wildman–Crippen MR) is 77.5 cm³/mol. The number of nitrogens with zero attached hydrogens (tertiary/aromatic N) is 1. The largest absolute Gasteiger partial charge is 0.388 e. The van der Waals surface area contributed by atoms with E-state index >= 15 is 0 Å². The Kier molecular flexibility index (Phi) is 4.77. The predicted octanol–water partition coefficient (Wildman–Crippen LogP) is 3.16. The van der Waals surface area contributed by atoms with Gasteiger partial charge in [0.25, 0.3) is 0 Å². The number of hydrogen-bond donors (Lipinski definition) is 2. The van der Waals surface area contributed by atoms with Gasteiger partial charge in [-0.3, -0.25) is 4.98 Å². The van der Waals surface area contributed by atoms with Gasteiger partial charge in [0.2, 0.25) is 0 Å². The molecule has 0 aliphatic heterocycles. The summed E-state index contributed by atoms with van der Waals surface area (Å²) in [5.41, 5.74) is 7.05. The molecular weight excluding hydrogens is 283 g/mol. The SMILES string of the molecule is NCC(c1ccccn1)C(O)c1cccc(Cl)c1Cl. The molecule has 1 heterocycles. The normalized spacial score (nSPS) is 14.1. The summed E-state index contributed by atoms with van der Waals surface area (Å²) in [4.78, 5) is 4.23. The smallest absolute Gasteiger partial charge is 0.0900 e. The topological polar surface area (TPSA) is 59.1 Å². The Balaban J connectivity index is 2.36. The lowest BCUT2D eigenvalue weighted by Gasteiger charge is -2.22. The Labute approximate surface area is 122 Å². The highest BCUT2D eigenvalue weighted by molar-refractivity contribution is 6.42. The molecule has 3 N–H and O–H groups in total. The number of aliphatic hydroxyl groups excluding tert-OH is 1. The van der Waals surface area contributed by atoms with Crippen LogP contribution in [0, 0.1) is 0 Å². The first-order chi connectivity index (χ1) is 9.15. The second-order valence-electron chi connectivity index (χ2n) is 4.18. The van der Waals surface area contributed by atoms with Crippen molar-refractivity contribution in [3.05, 3.63) is 63.9 Å². The molecule has 19 heavy (non-hydrogen) atoms. The van der Waals surface area contributed by atoms with Gasteiger partial charge in [-0.15, -0.1) is 0 Å². The molecule has 0 aliphatic carbocycles. The number of pyridine rings is 1. The third kappa shape index (κ3) is 3.07. The van der Waals surface area contributed by atoms with Crippen molar-refractivity contribution in [2.24, 2.45) is 5.73 Å². The van der Waals surface area contributed by atoms with Crippen LogP contribution in [0.25, 0.3) is 0 Å². The molecule has 1 aromatic heterocycles. The van der Waals surface area contributed by atoms with Crippen LogP contribution in [0.2, 0.25) is 10.0 Å². The molecule has 2 unspecified atom stereocenters. The number of halogens is 2. The van der Waals surface area contributed by atoms with E-state index in [4.69, 9.17) is 28.9 Å². The standard InChI is InChI=1S/C14H14Cl2N2O/c15-11-5-3-4-9(13(11)16)14(19)10(8-17)12-6-1-2-7-18-12/h1-7,10,14,19H,8,17H2. The molecular formula is C14H14Cl2N2O. The summed E-state index contributed by atoms with van der Waals surface area (Å²) in [6.07, 6.45) is 0.829.